The van der Waals surface area contributed by atoms with Gasteiger partial charge in [-0.2, -0.15) is 17.8 Å². The molecule has 1 spiro atoms. The molecule has 2 aromatic heterocycles. The summed E-state index contributed by atoms with van der Waals surface area (Å²) in [6.45, 7) is 3.76. The monoisotopic (exact) mass is 424 g/mol. The standard InChI is InChI=1S/C18H25ClN6O2S/c1-12-6-15(19)24-16(12)17(21-11-22-24)23-9-18(10-23)7-14(8-18)25(28(20,26)27)13-4-2-3-5-13/h6,11,13-14H,2-5,7-10H2,1H3,(H2,20,26,27). The van der Waals surface area contributed by atoms with Crippen LogP contribution in [0.3, 0.4) is 0 Å². The highest BCUT2D eigenvalue weighted by Gasteiger charge is 2.56. The van der Waals surface area contributed by atoms with Crippen molar-refractivity contribution in [3.63, 3.8) is 0 Å². The van der Waals surface area contributed by atoms with Crippen molar-refractivity contribution in [3.8, 4) is 0 Å². The van der Waals surface area contributed by atoms with Crippen molar-refractivity contribution in [3.05, 3.63) is 23.1 Å². The molecular formula is C18H25ClN6O2S. The second-order valence-electron chi connectivity index (χ2n) is 8.73. The first-order valence-electron chi connectivity index (χ1n) is 9.82. The molecule has 2 aromatic rings. The third-order valence-corrected chi connectivity index (χ3v) is 8.16. The zero-order valence-corrected chi connectivity index (χ0v) is 17.5. The highest BCUT2D eigenvalue weighted by atomic mass is 35.5. The van der Waals surface area contributed by atoms with E-state index in [0.29, 0.717) is 5.15 Å². The van der Waals surface area contributed by atoms with Crippen LogP contribution in [0.2, 0.25) is 5.15 Å². The average molecular weight is 425 g/mol. The number of aryl methyl sites for hydroxylation is 1. The van der Waals surface area contributed by atoms with Crippen LogP contribution in [0.25, 0.3) is 5.52 Å². The minimum atomic E-state index is -3.66. The molecule has 2 N–H and O–H groups in total. The quantitative estimate of drug-likeness (QED) is 0.810. The smallest absolute Gasteiger partial charge is 0.277 e. The Kier molecular flexibility index (Phi) is 4.18. The van der Waals surface area contributed by atoms with Crippen molar-refractivity contribution < 1.29 is 8.42 Å². The summed E-state index contributed by atoms with van der Waals surface area (Å²) in [6, 6.07) is 2.02. The van der Waals surface area contributed by atoms with Gasteiger partial charge in [0.2, 0.25) is 0 Å². The van der Waals surface area contributed by atoms with E-state index in [4.69, 9.17) is 16.7 Å². The number of nitrogens with zero attached hydrogens (tertiary/aromatic N) is 5. The number of hydrogen-bond acceptors (Lipinski definition) is 5. The molecule has 1 aliphatic heterocycles. The van der Waals surface area contributed by atoms with E-state index in [9.17, 15) is 8.42 Å². The predicted molar refractivity (Wildman–Crippen MR) is 108 cm³/mol. The summed E-state index contributed by atoms with van der Waals surface area (Å²) in [4.78, 5) is 6.74. The number of fused-ring (bicyclic) bond motifs is 1. The topological polar surface area (TPSA) is 96.8 Å². The fraction of sp³-hybridized carbons (Fsp3) is 0.667. The van der Waals surface area contributed by atoms with Crippen LogP contribution in [0.15, 0.2) is 12.4 Å². The van der Waals surface area contributed by atoms with Crippen molar-refractivity contribution in [2.75, 3.05) is 18.0 Å². The molecule has 2 aliphatic carbocycles. The molecule has 3 fully saturated rings. The van der Waals surface area contributed by atoms with Gasteiger partial charge in [0.1, 0.15) is 17.0 Å². The summed E-state index contributed by atoms with van der Waals surface area (Å²) < 4.78 is 27.7. The minimum absolute atomic E-state index is 0.0372. The lowest BCUT2D eigenvalue weighted by atomic mass is 9.60. The third kappa shape index (κ3) is 2.82. The molecule has 5 rings (SSSR count). The van der Waals surface area contributed by atoms with Crippen LogP contribution in [0, 0.1) is 12.3 Å². The first kappa shape index (κ1) is 18.6. The lowest BCUT2D eigenvalue weighted by Crippen LogP contribution is -2.68. The van der Waals surface area contributed by atoms with E-state index < -0.39 is 10.2 Å². The Morgan fingerprint density at radius 1 is 1.25 bits per heavy atom. The van der Waals surface area contributed by atoms with Crippen LogP contribution in [0.4, 0.5) is 5.82 Å². The van der Waals surface area contributed by atoms with Crippen LogP contribution in [0.1, 0.15) is 44.1 Å². The van der Waals surface area contributed by atoms with Crippen molar-refractivity contribution in [2.45, 2.75) is 57.5 Å². The maximum absolute atomic E-state index is 12.2. The van der Waals surface area contributed by atoms with E-state index in [-0.39, 0.29) is 17.5 Å². The zero-order chi connectivity index (χ0) is 19.7. The number of halogens is 1. The van der Waals surface area contributed by atoms with Gasteiger partial charge in [-0.05, 0) is 44.2 Å². The summed E-state index contributed by atoms with van der Waals surface area (Å²) in [5.74, 6) is 0.896. The molecule has 3 heterocycles. The molecule has 1 saturated heterocycles. The van der Waals surface area contributed by atoms with Crippen LogP contribution in [0.5, 0.6) is 0 Å². The van der Waals surface area contributed by atoms with E-state index in [1.165, 1.54) is 6.33 Å². The largest absolute Gasteiger partial charge is 0.354 e. The van der Waals surface area contributed by atoms with Gasteiger partial charge in [0.05, 0.1) is 0 Å². The summed E-state index contributed by atoms with van der Waals surface area (Å²) in [5.41, 5.74) is 2.16. The molecule has 0 atom stereocenters. The van der Waals surface area contributed by atoms with Crippen molar-refractivity contribution in [2.24, 2.45) is 10.6 Å². The lowest BCUT2D eigenvalue weighted by molar-refractivity contribution is 0.00154. The normalized spacial score (nSPS) is 22.9. The van der Waals surface area contributed by atoms with Gasteiger partial charge in [0.15, 0.2) is 5.82 Å². The second kappa shape index (κ2) is 6.29. The van der Waals surface area contributed by atoms with Crippen molar-refractivity contribution in [1.82, 2.24) is 18.9 Å². The summed E-state index contributed by atoms with van der Waals surface area (Å²) in [6.07, 6.45) is 7.32. The Morgan fingerprint density at radius 3 is 2.57 bits per heavy atom. The average Bonchev–Trinajstić information content (AvgIpc) is 3.16. The number of anilines is 1. The van der Waals surface area contributed by atoms with Gasteiger partial charge in [-0.1, -0.05) is 24.4 Å². The van der Waals surface area contributed by atoms with Crippen LogP contribution >= 0.6 is 11.6 Å². The Bertz CT molecular complexity index is 1020. The van der Waals surface area contributed by atoms with Gasteiger partial charge < -0.3 is 4.90 Å². The molecule has 0 bridgehead atoms. The SMILES string of the molecule is Cc1cc(Cl)n2ncnc(N3CC4(CC(N(C5CCCC5)S(N)(=O)=O)C4)C3)c12. The molecule has 3 aliphatic rings. The molecule has 8 nitrogen and oxygen atoms in total. The van der Waals surface area contributed by atoms with Crippen LogP contribution in [-0.2, 0) is 10.2 Å². The molecule has 2 saturated carbocycles. The highest BCUT2D eigenvalue weighted by molar-refractivity contribution is 7.86. The zero-order valence-electron chi connectivity index (χ0n) is 15.9. The molecular weight excluding hydrogens is 400 g/mol. The van der Waals surface area contributed by atoms with Gasteiger partial charge in [0.25, 0.3) is 10.2 Å². The van der Waals surface area contributed by atoms with E-state index >= 15 is 0 Å². The summed E-state index contributed by atoms with van der Waals surface area (Å²) in [7, 11) is -3.66. The second-order valence-corrected chi connectivity index (χ2v) is 10.6. The van der Waals surface area contributed by atoms with E-state index in [0.717, 1.165) is 68.5 Å². The van der Waals surface area contributed by atoms with Crippen molar-refractivity contribution >= 4 is 33.1 Å². The number of nitrogens with two attached hydrogens (primary N) is 1. The molecule has 0 unspecified atom stereocenters. The fourth-order valence-electron chi connectivity index (χ4n) is 5.55. The van der Waals surface area contributed by atoms with E-state index in [1.54, 1.807) is 8.82 Å². The van der Waals surface area contributed by atoms with E-state index in [1.807, 2.05) is 13.0 Å². The summed E-state index contributed by atoms with van der Waals surface area (Å²) in [5, 5.41) is 10.4. The van der Waals surface area contributed by atoms with E-state index in [2.05, 4.69) is 15.0 Å². The molecule has 0 radical (unpaired) electrons. The van der Waals surface area contributed by atoms with Gasteiger partial charge >= 0.3 is 0 Å². The third-order valence-electron chi connectivity index (χ3n) is 6.71. The first-order chi connectivity index (χ1) is 13.3. The molecule has 152 valence electrons. The molecule has 10 heteroatoms. The first-order valence-corrected chi connectivity index (χ1v) is 11.7. The fourth-order valence-corrected chi connectivity index (χ4v) is 7.04. The van der Waals surface area contributed by atoms with Crippen LogP contribution in [-0.4, -0.2) is 52.5 Å². The molecule has 28 heavy (non-hydrogen) atoms. The Hall–Kier alpha value is -1.42. The minimum Gasteiger partial charge on any atom is -0.354 e. The van der Waals surface area contributed by atoms with Crippen LogP contribution < -0.4 is 10.0 Å². The Balaban J connectivity index is 1.31. The maximum atomic E-state index is 12.2. The van der Waals surface area contributed by atoms with Crippen molar-refractivity contribution in [1.29, 1.82) is 0 Å². The number of aromatic nitrogens is 3. The predicted octanol–water partition coefficient (Wildman–Crippen LogP) is 2.11. The summed E-state index contributed by atoms with van der Waals surface area (Å²) >= 11 is 6.25. The molecule has 0 aromatic carbocycles. The Labute approximate surface area is 169 Å². The number of rotatable bonds is 4. The molecule has 0 amide bonds. The van der Waals surface area contributed by atoms with Gasteiger partial charge in [0, 0.05) is 30.6 Å². The van der Waals surface area contributed by atoms with Gasteiger partial charge in [-0.15, -0.1) is 0 Å². The number of hydrogen-bond donors (Lipinski definition) is 1. The lowest BCUT2D eigenvalue weighted by Gasteiger charge is -2.61. The highest BCUT2D eigenvalue weighted by Crippen LogP contribution is 2.53. The van der Waals surface area contributed by atoms with Gasteiger partial charge in [-0.25, -0.2) is 14.6 Å². The maximum Gasteiger partial charge on any atom is 0.277 e. The van der Waals surface area contributed by atoms with Gasteiger partial charge in [-0.3, -0.25) is 0 Å². The Morgan fingerprint density at radius 2 is 1.93 bits per heavy atom.